The summed E-state index contributed by atoms with van der Waals surface area (Å²) < 4.78 is 13.2. The molecule has 1 atom stereocenters. The highest BCUT2D eigenvalue weighted by Gasteiger charge is 2.26. The fraction of sp³-hybridized carbons (Fsp3) is 0.462. The van der Waals surface area contributed by atoms with E-state index in [0.717, 1.165) is 18.5 Å². The zero-order valence-corrected chi connectivity index (χ0v) is 10.3. The zero-order valence-electron chi connectivity index (χ0n) is 10.3. The van der Waals surface area contributed by atoms with Crippen LogP contribution in [-0.2, 0) is 0 Å². The molecule has 4 heteroatoms. The second-order valence-corrected chi connectivity index (χ2v) is 4.42. The molecule has 1 heterocycles. The fourth-order valence-electron chi connectivity index (χ4n) is 2.20. The van der Waals surface area contributed by atoms with Crippen molar-refractivity contribution in [3.05, 3.63) is 35.1 Å². The van der Waals surface area contributed by atoms with Gasteiger partial charge in [0.15, 0.2) is 5.96 Å². The summed E-state index contributed by atoms with van der Waals surface area (Å²) in [5.74, 6) is 0.432. The number of nitrogens with two attached hydrogens (primary N) is 1. The molecule has 3 nitrogen and oxygen atoms in total. The molecule has 1 aromatic rings. The van der Waals surface area contributed by atoms with E-state index < -0.39 is 0 Å². The normalized spacial score (nSPS) is 19.6. The van der Waals surface area contributed by atoms with Crippen molar-refractivity contribution >= 4 is 5.96 Å². The molecule has 17 heavy (non-hydrogen) atoms. The van der Waals surface area contributed by atoms with E-state index in [9.17, 15) is 4.39 Å². The number of hydrogen-bond acceptors (Lipinski definition) is 3. The predicted octanol–water partition coefficient (Wildman–Crippen LogP) is 2.22. The highest BCUT2D eigenvalue weighted by atomic mass is 19.1. The van der Waals surface area contributed by atoms with Crippen molar-refractivity contribution in [3.63, 3.8) is 0 Å². The summed E-state index contributed by atoms with van der Waals surface area (Å²) in [4.78, 5) is 6.36. The molecule has 1 aliphatic rings. The first-order valence-corrected chi connectivity index (χ1v) is 5.96. The molecule has 0 radical (unpaired) electrons. The molecule has 1 aliphatic heterocycles. The SMILES string of the molecule is CCCN1C(N)=NCC1c1ccc(F)c(C)c1. The van der Waals surface area contributed by atoms with E-state index >= 15 is 0 Å². The Hall–Kier alpha value is -1.58. The van der Waals surface area contributed by atoms with Crippen molar-refractivity contribution < 1.29 is 4.39 Å². The highest BCUT2D eigenvalue weighted by Crippen LogP contribution is 2.26. The van der Waals surface area contributed by atoms with Crippen molar-refractivity contribution in [2.45, 2.75) is 26.3 Å². The van der Waals surface area contributed by atoms with E-state index in [1.165, 1.54) is 6.07 Å². The summed E-state index contributed by atoms with van der Waals surface area (Å²) in [6, 6.07) is 5.39. The monoisotopic (exact) mass is 235 g/mol. The minimum atomic E-state index is -0.164. The first kappa shape index (κ1) is 11.9. The molecule has 0 aliphatic carbocycles. The van der Waals surface area contributed by atoms with E-state index in [2.05, 4.69) is 16.8 Å². The van der Waals surface area contributed by atoms with Crippen molar-refractivity contribution in [2.24, 2.45) is 10.7 Å². The molecular formula is C13H18FN3. The average molecular weight is 235 g/mol. The summed E-state index contributed by atoms with van der Waals surface area (Å²) in [7, 11) is 0. The van der Waals surface area contributed by atoms with Gasteiger partial charge in [-0.1, -0.05) is 19.1 Å². The molecule has 0 saturated heterocycles. The third kappa shape index (κ3) is 2.25. The predicted molar refractivity (Wildman–Crippen MR) is 67.4 cm³/mol. The molecule has 92 valence electrons. The van der Waals surface area contributed by atoms with Crippen LogP contribution in [0.15, 0.2) is 23.2 Å². The lowest BCUT2D eigenvalue weighted by Gasteiger charge is -2.26. The van der Waals surface area contributed by atoms with Crippen LogP contribution in [0.1, 0.15) is 30.5 Å². The smallest absolute Gasteiger partial charge is 0.191 e. The zero-order chi connectivity index (χ0) is 12.4. The molecule has 0 bridgehead atoms. The van der Waals surface area contributed by atoms with E-state index in [0.29, 0.717) is 18.1 Å². The average Bonchev–Trinajstić information content (AvgIpc) is 2.66. The topological polar surface area (TPSA) is 41.6 Å². The van der Waals surface area contributed by atoms with Gasteiger partial charge in [0.25, 0.3) is 0 Å². The fourth-order valence-corrected chi connectivity index (χ4v) is 2.20. The maximum atomic E-state index is 13.2. The Morgan fingerprint density at radius 2 is 2.29 bits per heavy atom. The maximum Gasteiger partial charge on any atom is 0.191 e. The number of aliphatic imine (C=N–C) groups is 1. The maximum absolute atomic E-state index is 13.2. The first-order valence-electron chi connectivity index (χ1n) is 5.96. The molecule has 0 fully saturated rings. The largest absolute Gasteiger partial charge is 0.370 e. The Bertz CT molecular complexity index is 442. The number of benzene rings is 1. The molecule has 2 N–H and O–H groups in total. The van der Waals surface area contributed by atoms with Crippen LogP contribution in [0.4, 0.5) is 4.39 Å². The van der Waals surface area contributed by atoms with Crippen molar-refractivity contribution in [1.82, 2.24) is 4.90 Å². The Kier molecular flexibility index (Phi) is 3.31. The summed E-state index contributed by atoms with van der Waals surface area (Å²) in [5, 5.41) is 0. The third-order valence-corrected chi connectivity index (χ3v) is 3.13. The number of hydrogen-bond donors (Lipinski definition) is 1. The minimum absolute atomic E-state index is 0.161. The van der Waals surface area contributed by atoms with E-state index in [-0.39, 0.29) is 11.9 Å². The van der Waals surface area contributed by atoms with Gasteiger partial charge < -0.3 is 10.6 Å². The summed E-state index contributed by atoms with van der Waals surface area (Å²) in [6.45, 7) is 5.44. The summed E-state index contributed by atoms with van der Waals surface area (Å²) in [6.07, 6.45) is 1.02. The molecular weight excluding hydrogens is 217 g/mol. The van der Waals surface area contributed by atoms with Crippen LogP contribution in [0.2, 0.25) is 0 Å². The summed E-state index contributed by atoms with van der Waals surface area (Å²) >= 11 is 0. The van der Waals surface area contributed by atoms with Crippen LogP contribution in [0.25, 0.3) is 0 Å². The van der Waals surface area contributed by atoms with Gasteiger partial charge in [-0.15, -0.1) is 0 Å². The highest BCUT2D eigenvalue weighted by molar-refractivity contribution is 5.80. The first-order chi connectivity index (χ1) is 8.13. The quantitative estimate of drug-likeness (QED) is 0.872. The molecule has 0 amide bonds. The van der Waals surface area contributed by atoms with E-state index in [1.807, 2.05) is 12.1 Å². The number of guanidine groups is 1. The van der Waals surface area contributed by atoms with E-state index in [4.69, 9.17) is 5.73 Å². The second-order valence-electron chi connectivity index (χ2n) is 4.42. The Morgan fingerprint density at radius 1 is 1.53 bits per heavy atom. The lowest BCUT2D eigenvalue weighted by molar-refractivity contribution is 0.347. The summed E-state index contributed by atoms with van der Waals surface area (Å²) in [5.41, 5.74) is 7.62. The number of nitrogens with zero attached hydrogens (tertiary/aromatic N) is 2. The lowest BCUT2D eigenvalue weighted by atomic mass is 10.0. The van der Waals surface area contributed by atoms with Gasteiger partial charge in [0.05, 0.1) is 12.6 Å². The minimum Gasteiger partial charge on any atom is -0.370 e. The standard InChI is InChI=1S/C13H18FN3/c1-3-6-17-12(8-16-13(17)15)10-4-5-11(14)9(2)7-10/h4-5,7,12H,3,6,8H2,1-2H3,(H2,15,16). The Morgan fingerprint density at radius 3 is 2.94 bits per heavy atom. The van der Waals surface area contributed by atoms with Crippen LogP contribution in [0.5, 0.6) is 0 Å². The van der Waals surface area contributed by atoms with Gasteiger partial charge >= 0.3 is 0 Å². The Labute approximate surface area is 101 Å². The van der Waals surface area contributed by atoms with Crippen LogP contribution in [0, 0.1) is 12.7 Å². The molecule has 2 rings (SSSR count). The third-order valence-electron chi connectivity index (χ3n) is 3.13. The van der Waals surface area contributed by atoms with Gasteiger partial charge in [-0.3, -0.25) is 4.99 Å². The van der Waals surface area contributed by atoms with Crippen LogP contribution < -0.4 is 5.73 Å². The van der Waals surface area contributed by atoms with Crippen molar-refractivity contribution in [1.29, 1.82) is 0 Å². The van der Waals surface area contributed by atoms with Gasteiger partial charge in [-0.05, 0) is 30.5 Å². The van der Waals surface area contributed by atoms with Gasteiger partial charge in [0.1, 0.15) is 5.82 Å². The van der Waals surface area contributed by atoms with E-state index in [1.54, 1.807) is 6.92 Å². The lowest BCUT2D eigenvalue weighted by Crippen LogP contribution is -2.36. The van der Waals surface area contributed by atoms with Crippen LogP contribution >= 0.6 is 0 Å². The van der Waals surface area contributed by atoms with Crippen molar-refractivity contribution in [2.75, 3.05) is 13.1 Å². The van der Waals surface area contributed by atoms with Crippen LogP contribution in [0.3, 0.4) is 0 Å². The second kappa shape index (κ2) is 4.73. The van der Waals surface area contributed by atoms with Gasteiger partial charge in [-0.25, -0.2) is 4.39 Å². The molecule has 0 saturated carbocycles. The molecule has 1 unspecified atom stereocenters. The van der Waals surface area contributed by atoms with Gasteiger partial charge in [0.2, 0.25) is 0 Å². The number of aryl methyl sites for hydroxylation is 1. The molecule has 0 aromatic heterocycles. The van der Waals surface area contributed by atoms with Crippen molar-refractivity contribution in [3.8, 4) is 0 Å². The van der Waals surface area contributed by atoms with Gasteiger partial charge in [-0.2, -0.15) is 0 Å². The Balaban J connectivity index is 2.25. The van der Waals surface area contributed by atoms with Gasteiger partial charge in [0, 0.05) is 6.54 Å². The molecule has 1 aromatic carbocycles. The molecule has 0 spiro atoms. The number of rotatable bonds is 3. The number of halogens is 1. The van der Waals surface area contributed by atoms with Crippen LogP contribution in [-0.4, -0.2) is 23.9 Å².